The number of nitrogens with one attached hydrogen (secondary N) is 1. The molecule has 7 nitrogen and oxygen atoms in total. The van der Waals surface area contributed by atoms with Crippen LogP contribution >= 0.6 is 11.6 Å². The van der Waals surface area contributed by atoms with Crippen molar-refractivity contribution in [3.8, 4) is 0 Å². The Hall–Kier alpha value is -2.42. The summed E-state index contributed by atoms with van der Waals surface area (Å²) in [7, 11) is -2.54. The van der Waals surface area contributed by atoms with Gasteiger partial charge in [0.1, 0.15) is 6.04 Å². The highest BCUT2D eigenvalue weighted by atomic mass is 35.5. The van der Waals surface area contributed by atoms with E-state index in [4.69, 9.17) is 11.6 Å². The van der Waals surface area contributed by atoms with Gasteiger partial charge in [0.15, 0.2) is 0 Å². The van der Waals surface area contributed by atoms with Crippen LogP contribution in [0.15, 0.2) is 59.5 Å². The molecule has 190 valence electrons. The topological polar surface area (TPSA) is 86.8 Å². The van der Waals surface area contributed by atoms with Crippen molar-refractivity contribution in [1.29, 1.82) is 0 Å². The second-order valence-electron chi connectivity index (χ2n) is 8.99. The molecule has 2 aromatic rings. The Morgan fingerprint density at radius 1 is 1.03 bits per heavy atom. The fourth-order valence-corrected chi connectivity index (χ4v) is 5.64. The molecule has 1 aliphatic carbocycles. The van der Waals surface area contributed by atoms with Crippen LogP contribution in [0, 0.1) is 0 Å². The lowest BCUT2D eigenvalue weighted by Crippen LogP contribution is -2.53. The number of benzene rings is 2. The molecule has 1 atom stereocenters. The van der Waals surface area contributed by atoms with Crippen LogP contribution in [0.25, 0.3) is 0 Å². The number of nitrogens with zero attached hydrogens (tertiary/aromatic N) is 2. The van der Waals surface area contributed by atoms with E-state index >= 15 is 0 Å². The predicted molar refractivity (Wildman–Crippen MR) is 137 cm³/mol. The lowest BCUT2D eigenvalue weighted by molar-refractivity contribution is -0.141. The summed E-state index contributed by atoms with van der Waals surface area (Å²) in [6.45, 7) is 1.70. The highest BCUT2D eigenvalue weighted by Gasteiger charge is 2.32. The first-order chi connectivity index (χ1) is 16.7. The molecule has 0 saturated heterocycles. The Bertz CT molecular complexity index is 1090. The quantitative estimate of drug-likeness (QED) is 0.509. The molecule has 35 heavy (non-hydrogen) atoms. The second kappa shape index (κ2) is 12.5. The predicted octanol–water partition coefficient (Wildman–Crippen LogP) is 4.22. The SMILES string of the molecule is CC[C@H](C(=O)NC1CCCCC1)N(Cc1ccccc1)C(=O)CN(C)S(=O)(=O)c1ccc(Cl)cc1. The third kappa shape index (κ3) is 7.29. The van der Waals surface area contributed by atoms with Gasteiger partial charge in [-0.05, 0) is 49.1 Å². The lowest BCUT2D eigenvalue weighted by Gasteiger charge is -2.33. The third-order valence-electron chi connectivity index (χ3n) is 6.41. The fourth-order valence-electron chi connectivity index (χ4n) is 4.40. The molecule has 0 heterocycles. The van der Waals surface area contributed by atoms with Gasteiger partial charge in [-0.2, -0.15) is 4.31 Å². The van der Waals surface area contributed by atoms with E-state index in [0.717, 1.165) is 35.6 Å². The van der Waals surface area contributed by atoms with E-state index < -0.39 is 22.0 Å². The van der Waals surface area contributed by atoms with E-state index in [1.54, 1.807) is 0 Å². The molecule has 0 bridgehead atoms. The maximum atomic E-state index is 13.5. The van der Waals surface area contributed by atoms with Gasteiger partial charge in [-0.1, -0.05) is 68.1 Å². The molecule has 1 saturated carbocycles. The van der Waals surface area contributed by atoms with Crippen LogP contribution in [0.4, 0.5) is 0 Å². The molecule has 0 radical (unpaired) electrons. The molecule has 1 fully saturated rings. The minimum absolute atomic E-state index is 0.0499. The van der Waals surface area contributed by atoms with Crippen molar-refractivity contribution >= 4 is 33.4 Å². The van der Waals surface area contributed by atoms with Crippen LogP contribution in [-0.2, 0) is 26.2 Å². The van der Waals surface area contributed by atoms with Gasteiger partial charge in [-0.15, -0.1) is 0 Å². The average molecular weight is 520 g/mol. The van der Waals surface area contributed by atoms with Gasteiger partial charge in [0.25, 0.3) is 0 Å². The highest BCUT2D eigenvalue weighted by Crippen LogP contribution is 2.21. The summed E-state index contributed by atoms with van der Waals surface area (Å²) in [5.41, 5.74) is 0.868. The van der Waals surface area contributed by atoms with E-state index in [1.165, 1.54) is 42.6 Å². The van der Waals surface area contributed by atoms with Crippen LogP contribution in [-0.4, -0.2) is 55.1 Å². The molecule has 0 aliphatic heterocycles. The number of halogens is 1. The van der Waals surface area contributed by atoms with Crippen molar-refractivity contribution < 1.29 is 18.0 Å². The van der Waals surface area contributed by atoms with Crippen LogP contribution in [0.3, 0.4) is 0 Å². The first-order valence-electron chi connectivity index (χ1n) is 12.1. The monoisotopic (exact) mass is 519 g/mol. The van der Waals surface area contributed by atoms with Gasteiger partial charge < -0.3 is 10.2 Å². The second-order valence-corrected chi connectivity index (χ2v) is 11.5. The van der Waals surface area contributed by atoms with Crippen LogP contribution in [0.1, 0.15) is 51.0 Å². The van der Waals surface area contributed by atoms with Gasteiger partial charge in [0, 0.05) is 24.7 Å². The van der Waals surface area contributed by atoms with Gasteiger partial charge in [-0.25, -0.2) is 8.42 Å². The highest BCUT2D eigenvalue weighted by molar-refractivity contribution is 7.89. The molecular formula is C26H34ClN3O4S. The molecule has 9 heteroatoms. The van der Waals surface area contributed by atoms with Crippen LogP contribution in [0.5, 0.6) is 0 Å². The zero-order valence-electron chi connectivity index (χ0n) is 20.3. The maximum absolute atomic E-state index is 13.5. The zero-order chi connectivity index (χ0) is 25.4. The summed E-state index contributed by atoms with van der Waals surface area (Å²) < 4.78 is 27.1. The molecule has 0 unspecified atom stereocenters. The number of hydrogen-bond donors (Lipinski definition) is 1. The first kappa shape index (κ1) is 27.2. The Kier molecular flexibility index (Phi) is 9.71. The summed E-state index contributed by atoms with van der Waals surface area (Å²) in [5, 5.41) is 3.55. The van der Waals surface area contributed by atoms with E-state index in [1.807, 2.05) is 37.3 Å². The Labute approximate surface area is 213 Å². The van der Waals surface area contributed by atoms with Gasteiger partial charge in [0.05, 0.1) is 11.4 Å². The molecule has 3 rings (SSSR count). The van der Waals surface area contributed by atoms with Gasteiger partial charge in [0.2, 0.25) is 21.8 Å². The zero-order valence-corrected chi connectivity index (χ0v) is 21.9. The number of hydrogen-bond acceptors (Lipinski definition) is 4. The summed E-state index contributed by atoms with van der Waals surface area (Å²) in [6, 6.07) is 14.6. The normalized spacial score (nSPS) is 15.5. The van der Waals surface area contributed by atoms with E-state index in [-0.39, 0.29) is 29.9 Å². The van der Waals surface area contributed by atoms with E-state index in [9.17, 15) is 18.0 Å². The Morgan fingerprint density at radius 3 is 2.26 bits per heavy atom. The summed E-state index contributed by atoms with van der Waals surface area (Å²) in [4.78, 5) is 28.3. The first-order valence-corrected chi connectivity index (χ1v) is 13.9. The number of likely N-dealkylation sites (N-methyl/N-ethyl adjacent to an activating group) is 1. The summed E-state index contributed by atoms with van der Waals surface area (Å²) in [6.07, 6.45) is 5.65. The van der Waals surface area contributed by atoms with E-state index in [0.29, 0.717) is 11.4 Å². The average Bonchev–Trinajstić information content (AvgIpc) is 2.85. The number of sulfonamides is 1. The molecule has 0 aromatic heterocycles. The number of amides is 2. The third-order valence-corrected chi connectivity index (χ3v) is 8.48. The number of carbonyl (C=O) groups is 2. The molecule has 1 N–H and O–H groups in total. The standard InChI is InChI=1S/C26H34ClN3O4S/c1-3-24(26(32)28-22-12-8-5-9-13-22)30(18-20-10-6-4-7-11-20)25(31)19-29(2)35(33,34)23-16-14-21(27)15-17-23/h4,6-7,10-11,14-17,22,24H,3,5,8-9,12-13,18-19H2,1-2H3,(H,28,32)/t24-/m1/s1. The van der Waals surface area contributed by atoms with Crippen molar-refractivity contribution in [3.05, 3.63) is 65.2 Å². The van der Waals surface area contributed by atoms with Crippen molar-refractivity contribution in [1.82, 2.24) is 14.5 Å². The summed E-state index contributed by atoms with van der Waals surface area (Å²) >= 11 is 5.89. The van der Waals surface area contributed by atoms with Crippen molar-refractivity contribution in [3.63, 3.8) is 0 Å². The minimum Gasteiger partial charge on any atom is -0.352 e. The van der Waals surface area contributed by atoms with Crippen molar-refractivity contribution in [2.24, 2.45) is 0 Å². The van der Waals surface area contributed by atoms with Crippen LogP contribution < -0.4 is 5.32 Å². The molecular weight excluding hydrogens is 486 g/mol. The Balaban J connectivity index is 1.81. The minimum atomic E-state index is -3.91. The molecule has 2 amide bonds. The van der Waals surface area contributed by atoms with Crippen LogP contribution in [0.2, 0.25) is 5.02 Å². The lowest BCUT2D eigenvalue weighted by atomic mass is 9.95. The maximum Gasteiger partial charge on any atom is 0.243 e. The smallest absolute Gasteiger partial charge is 0.243 e. The Morgan fingerprint density at radius 2 is 1.66 bits per heavy atom. The number of rotatable bonds is 10. The van der Waals surface area contributed by atoms with Crippen molar-refractivity contribution in [2.75, 3.05) is 13.6 Å². The molecule has 0 spiro atoms. The fraction of sp³-hybridized carbons (Fsp3) is 0.462. The van der Waals surface area contributed by atoms with E-state index in [2.05, 4.69) is 5.32 Å². The molecule has 1 aliphatic rings. The van der Waals surface area contributed by atoms with Gasteiger partial charge in [-0.3, -0.25) is 9.59 Å². The molecule has 2 aromatic carbocycles. The summed E-state index contributed by atoms with van der Waals surface area (Å²) in [5.74, 6) is -0.619. The largest absolute Gasteiger partial charge is 0.352 e. The number of carbonyl (C=O) groups excluding carboxylic acids is 2. The van der Waals surface area contributed by atoms with Crippen molar-refractivity contribution in [2.45, 2.75) is 69.0 Å². The van der Waals surface area contributed by atoms with Gasteiger partial charge >= 0.3 is 0 Å².